The first-order chi connectivity index (χ1) is 10.1. The third-order valence-electron chi connectivity index (χ3n) is 4.99. The Bertz CT molecular complexity index is 542. The van der Waals surface area contributed by atoms with Crippen LogP contribution in [0, 0.1) is 11.8 Å². The molecule has 0 spiro atoms. The van der Waals surface area contributed by atoms with E-state index in [1.54, 1.807) is 0 Å². The maximum Gasteiger partial charge on any atom is 0.310 e. The second-order valence-corrected chi connectivity index (χ2v) is 6.04. The summed E-state index contributed by atoms with van der Waals surface area (Å²) in [7, 11) is 3.39. The molecular weight excluding hydrogens is 266 g/mol. The molecule has 4 nitrogen and oxygen atoms in total. The molecule has 1 heterocycles. The predicted molar refractivity (Wildman–Crippen MR) is 78.6 cm³/mol. The number of methoxy groups -OCH3 is 1. The third kappa shape index (κ3) is 2.27. The van der Waals surface area contributed by atoms with Crippen molar-refractivity contribution in [3.63, 3.8) is 0 Å². The number of hydrogen-bond acceptors (Lipinski definition) is 4. The monoisotopic (exact) mass is 287 g/mol. The zero-order chi connectivity index (χ0) is 15.0. The molecule has 1 aromatic rings. The van der Waals surface area contributed by atoms with Gasteiger partial charge in [-0.2, -0.15) is 0 Å². The number of likely N-dealkylation sites (tertiary alicyclic amines) is 1. The van der Waals surface area contributed by atoms with Crippen LogP contribution in [0.4, 0.5) is 0 Å². The standard InChI is InChI=1S/C17H21NO3/c1-18-15(11-7-4-3-5-8-11)14(17(20)21-2)12-9-6-10-13(19)16(12)18/h3-5,7-8,12,14-16H,6,9-10H2,1-2H3/t12-,14-,15-,16+/m0/s1. The molecule has 0 N–H and O–H groups in total. The molecule has 0 bridgehead atoms. The number of benzene rings is 1. The van der Waals surface area contributed by atoms with Crippen molar-refractivity contribution in [2.45, 2.75) is 31.3 Å². The van der Waals surface area contributed by atoms with Crippen molar-refractivity contribution in [3.8, 4) is 0 Å². The number of ether oxygens (including phenoxy) is 1. The van der Waals surface area contributed by atoms with Gasteiger partial charge in [-0.15, -0.1) is 0 Å². The Morgan fingerprint density at radius 1 is 1.24 bits per heavy atom. The quantitative estimate of drug-likeness (QED) is 0.782. The summed E-state index contributed by atoms with van der Waals surface area (Å²) >= 11 is 0. The van der Waals surface area contributed by atoms with Crippen molar-refractivity contribution in [1.82, 2.24) is 4.90 Å². The minimum Gasteiger partial charge on any atom is -0.469 e. The molecule has 1 aliphatic carbocycles. The zero-order valence-electron chi connectivity index (χ0n) is 12.5. The van der Waals surface area contributed by atoms with E-state index in [1.165, 1.54) is 7.11 Å². The number of hydrogen-bond donors (Lipinski definition) is 0. The number of fused-ring (bicyclic) bond motifs is 1. The van der Waals surface area contributed by atoms with E-state index in [9.17, 15) is 9.59 Å². The van der Waals surface area contributed by atoms with Gasteiger partial charge in [0.2, 0.25) is 0 Å². The van der Waals surface area contributed by atoms with Crippen molar-refractivity contribution in [2.75, 3.05) is 14.2 Å². The zero-order valence-corrected chi connectivity index (χ0v) is 12.5. The SMILES string of the molecule is COC(=O)[C@H]1[C@@H]2CCCC(=O)[C@@H]2N(C)[C@H]1c1ccccc1. The summed E-state index contributed by atoms with van der Waals surface area (Å²) in [6, 6.07) is 9.74. The maximum absolute atomic E-state index is 12.3. The highest BCUT2D eigenvalue weighted by molar-refractivity contribution is 5.87. The number of nitrogens with zero attached hydrogens (tertiary/aromatic N) is 1. The molecule has 112 valence electrons. The van der Waals surface area contributed by atoms with Crippen LogP contribution in [0.25, 0.3) is 0 Å². The molecule has 0 amide bonds. The van der Waals surface area contributed by atoms with Crippen LogP contribution in [0.3, 0.4) is 0 Å². The van der Waals surface area contributed by atoms with Gasteiger partial charge in [0.15, 0.2) is 0 Å². The van der Waals surface area contributed by atoms with Crippen LogP contribution < -0.4 is 0 Å². The van der Waals surface area contributed by atoms with Gasteiger partial charge in [0.1, 0.15) is 5.78 Å². The van der Waals surface area contributed by atoms with Crippen molar-refractivity contribution >= 4 is 11.8 Å². The molecule has 1 saturated heterocycles. The fourth-order valence-corrected chi connectivity index (χ4v) is 4.15. The molecule has 1 aromatic carbocycles. The van der Waals surface area contributed by atoms with Crippen LogP contribution in [-0.4, -0.2) is 36.9 Å². The van der Waals surface area contributed by atoms with E-state index in [1.807, 2.05) is 37.4 Å². The molecule has 21 heavy (non-hydrogen) atoms. The first-order valence-corrected chi connectivity index (χ1v) is 7.52. The van der Waals surface area contributed by atoms with Gasteiger partial charge >= 0.3 is 5.97 Å². The van der Waals surface area contributed by atoms with E-state index >= 15 is 0 Å². The Balaban J connectivity index is 2.03. The Labute approximate surface area is 125 Å². The highest BCUT2D eigenvalue weighted by atomic mass is 16.5. The molecule has 3 rings (SSSR count). The smallest absolute Gasteiger partial charge is 0.310 e. The Morgan fingerprint density at radius 3 is 2.62 bits per heavy atom. The summed E-state index contributed by atoms with van der Waals surface area (Å²) in [6.45, 7) is 0. The maximum atomic E-state index is 12.3. The molecule has 0 aromatic heterocycles. The van der Waals surface area contributed by atoms with Crippen molar-refractivity contribution < 1.29 is 14.3 Å². The molecule has 2 aliphatic rings. The van der Waals surface area contributed by atoms with Crippen LogP contribution in [0.2, 0.25) is 0 Å². The number of ketones is 1. The van der Waals surface area contributed by atoms with Crippen molar-refractivity contribution in [2.24, 2.45) is 11.8 Å². The van der Waals surface area contributed by atoms with Crippen molar-refractivity contribution in [3.05, 3.63) is 35.9 Å². The van der Waals surface area contributed by atoms with Gasteiger partial charge in [-0.05, 0) is 31.4 Å². The Kier molecular flexibility index (Phi) is 3.81. The summed E-state index contributed by atoms with van der Waals surface area (Å²) in [5.41, 5.74) is 1.08. The number of rotatable bonds is 2. The second-order valence-electron chi connectivity index (χ2n) is 6.04. The molecule has 2 fully saturated rings. The van der Waals surface area contributed by atoms with E-state index in [0.29, 0.717) is 6.42 Å². The fraction of sp³-hybridized carbons (Fsp3) is 0.529. The molecule has 4 atom stereocenters. The molecular formula is C17H21NO3. The lowest BCUT2D eigenvalue weighted by molar-refractivity contribution is -0.148. The number of esters is 1. The molecule has 4 heteroatoms. The van der Waals surface area contributed by atoms with Gasteiger partial charge in [0.25, 0.3) is 0 Å². The van der Waals surface area contributed by atoms with E-state index in [2.05, 4.69) is 4.90 Å². The van der Waals surface area contributed by atoms with Crippen molar-refractivity contribution in [1.29, 1.82) is 0 Å². The molecule has 1 aliphatic heterocycles. The predicted octanol–water partition coefficient (Wildman–Crippen LogP) is 2.20. The van der Waals surface area contributed by atoms with Gasteiger partial charge in [0, 0.05) is 12.5 Å². The average Bonchev–Trinajstić information content (AvgIpc) is 2.81. The summed E-state index contributed by atoms with van der Waals surface area (Å²) in [5, 5.41) is 0. The minimum atomic E-state index is -0.253. The van der Waals surface area contributed by atoms with Gasteiger partial charge in [-0.1, -0.05) is 30.3 Å². The van der Waals surface area contributed by atoms with Gasteiger partial charge in [-0.3, -0.25) is 14.5 Å². The first-order valence-electron chi connectivity index (χ1n) is 7.52. The normalized spacial score (nSPS) is 32.8. The van der Waals surface area contributed by atoms with E-state index in [4.69, 9.17) is 4.74 Å². The number of carbonyl (C=O) groups is 2. The van der Waals surface area contributed by atoms with Crippen LogP contribution >= 0.6 is 0 Å². The average molecular weight is 287 g/mol. The summed E-state index contributed by atoms with van der Waals surface area (Å²) in [4.78, 5) is 26.8. The second kappa shape index (κ2) is 5.60. The van der Waals surface area contributed by atoms with Gasteiger partial charge in [-0.25, -0.2) is 0 Å². The van der Waals surface area contributed by atoms with E-state index < -0.39 is 0 Å². The topological polar surface area (TPSA) is 46.6 Å². The molecule has 0 radical (unpaired) electrons. The molecule has 1 saturated carbocycles. The molecule has 0 unspecified atom stereocenters. The highest BCUT2D eigenvalue weighted by Gasteiger charge is 2.54. The minimum absolute atomic E-state index is 0.0734. The fourth-order valence-electron chi connectivity index (χ4n) is 4.15. The lowest BCUT2D eigenvalue weighted by atomic mass is 9.77. The lowest BCUT2D eigenvalue weighted by Crippen LogP contribution is -2.40. The summed E-state index contributed by atoms with van der Waals surface area (Å²) in [5.74, 6) is -0.107. The van der Waals surface area contributed by atoms with Crippen LogP contribution in [0.5, 0.6) is 0 Å². The van der Waals surface area contributed by atoms with E-state index in [-0.39, 0.29) is 35.7 Å². The number of likely N-dealkylation sites (N-methyl/N-ethyl adjacent to an activating group) is 1. The van der Waals surface area contributed by atoms with Crippen LogP contribution in [0.15, 0.2) is 30.3 Å². The summed E-state index contributed by atoms with van der Waals surface area (Å²) in [6.07, 6.45) is 2.42. The van der Waals surface area contributed by atoms with E-state index in [0.717, 1.165) is 18.4 Å². The van der Waals surface area contributed by atoms with Crippen LogP contribution in [-0.2, 0) is 14.3 Å². The third-order valence-corrected chi connectivity index (χ3v) is 4.99. The Morgan fingerprint density at radius 2 is 1.95 bits per heavy atom. The van der Waals surface area contributed by atoms with Crippen LogP contribution in [0.1, 0.15) is 30.9 Å². The van der Waals surface area contributed by atoms with Gasteiger partial charge in [0.05, 0.1) is 19.1 Å². The van der Waals surface area contributed by atoms with Gasteiger partial charge < -0.3 is 4.74 Å². The highest BCUT2D eigenvalue weighted by Crippen LogP contribution is 2.48. The number of Topliss-reactive ketones (excluding diaryl/α,β-unsaturated/α-hetero) is 1. The summed E-state index contributed by atoms with van der Waals surface area (Å²) < 4.78 is 5.04. The Hall–Kier alpha value is -1.68. The largest absolute Gasteiger partial charge is 0.469 e. The number of carbonyl (C=O) groups excluding carboxylic acids is 2. The first kappa shape index (κ1) is 14.3. The lowest BCUT2D eigenvalue weighted by Gasteiger charge is -2.29.